The van der Waals surface area contributed by atoms with Crippen LogP contribution in [-0.2, 0) is 19.1 Å². The number of fused-ring (bicyclic) bond motifs is 1. The molecule has 1 saturated heterocycles. The molecule has 35 heavy (non-hydrogen) atoms. The third-order valence-corrected chi connectivity index (χ3v) is 7.31. The van der Waals surface area contributed by atoms with Crippen molar-refractivity contribution in [2.24, 2.45) is 29.6 Å². The number of benzene rings is 1. The number of allylic oxidation sites excluding steroid dienone is 1. The van der Waals surface area contributed by atoms with Gasteiger partial charge in [0.15, 0.2) is 0 Å². The molecule has 0 aromatic heterocycles. The number of hydrogen-bond donors (Lipinski definition) is 2. The fourth-order valence-electron chi connectivity index (χ4n) is 5.60. The number of ether oxygens (including phenoxy) is 1. The summed E-state index contributed by atoms with van der Waals surface area (Å²) in [5.74, 6) is -2.94. The van der Waals surface area contributed by atoms with Crippen molar-refractivity contribution in [3.8, 4) is 0 Å². The lowest BCUT2D eigenvalue weighted by molar-refractivity contribution is -0.156. The largest absolute Gasteiger partial charge is 0.466 e. The van der Waals surface area contributed by atoms with Crippen LogP contribution in [0.1, 0.15) is 47.0 Å². The van der Waals surface area contributed by atoms with Crippen molar-refractivity contribution in [1.82, 2.24) is 4.90 Å². The normalized spacial score (nSPS) is 26.5. The topological polar surface area (TPSA) is 95.9 Å². The number of amides is 2. The van der Waals surface area contributed by atoms with E-state index in [-0.39, 0.29) is 36.9 Å². The third-order valence-electron chi connectivity index (χ3n) is 6.98. The van der Waals surface area contributed by atoms with Crippen LogP contribution in [0, 0.1) is 29.6 Å². The highest BCUT2D eigenvalue weighted by Crippen LogP contribution is 2.47. The Morgan fingerprint density at radius 3 is 2.51 bits per heavy atom. The number of anilines is 1. The van der Waals surface area contributed by atoms with E-state index in [0.29, 0.717) is 17.1 Å². The van der Waals surface area contributed by atoms with Gasteiger partial charge in [-0.1, -0.05) is 63.1 Å². The summed E-state index contributed by atoms with van der Waals surface area (Å²) in [7, 11) is 0. The van der Waals surface area contributed by atoms with Crippen molar-refractivity contribution in [3.63, 3.8) is 0 Å². The lowest BCUT2D eigenvalue weighted by atomic mass is 9.69. The summed E-state index contributed by atoms with van der Waals surface area (Å²) in [6.07, 6.45) is 6.00. The number of aliphatic hydroxyl groups excluding tert-OH is 1. The highest BCUT2D eigenvalue weighted by atomic mass is 35.5. The molecule has 2 N–H and O–H groups in total. The Balaban J connectivity index is 2.06. The van der Waals surface area contributed by atoms with Crippen molar-refractivity contribution in [1.29, 1.82) is 0 Å². The number of halogens is 1. The number of nitrogens with zero attached hydrogens (tertiary/aromatic N) is 1. The summed E-state index contributed by atoms with van der Waals surface area (Å²) >= 11 is 6.28. The SMILES string of the molecule is CCC[C@@H]1C=C[C@H]2[C@@H](C(=O)N([C@@H](CO)CC(C)C)[C@@H]2C(=O)Nc2ccccc2Cl)[C@@H]1C(=O)OCC. The Bertz CT molecular complexity index is 949. The lowest BCUT2D eigenvalue weighted by Gasteiger charge is -2.34. The summed E-state index contributed by atoms with van der Waals surface area (Å²) in [5, 5.41) is 13.5. The third kappa shape index (κ3) is 5.72. The van der Waals surface area contributed by atoms with Gasteiger partial charge in [-0.25, -0.2) is 0 Å². The van der Waals surface area contributed by atoms with Crippen LogP contribution in [0.2, 0.25) is 5.02 Å². The maximum atomic E-state index is 14.0. The number of aliphatic hydroxyl groups is 1. The predicted molar refractivity (Wildman–Crippen MR) is 136 cm³/mol. The molecule has 2 aliphatic rings. The highest BCUT2D eigenvalue weighted by molar-refractivity contribution is 6.33. The van der Waals surface area contributed by atoms with Gasteiger partial charge in [0.05, 0.1) is 41.8 Å². The molecule has 0 radical (unpaired) electrons. The quantitative estimate of drug-likeness (QED) is 0.366. The minimum Gasteiger partial charge on any atom is -0.466 e. The minimum atomic E-state index is -0.879. The van der Waals surface area contributed by atoms with Crippen molar-refractivity contribution < 1.29 is 24.2 Å². The van der Waals surface area contributed by atoms with E-state index in [1.54, 1.807) is 31.2 Å². The Hall–Kier alpha value is -2.38. The van der Waals surface area contributed by atoms with Gasteiger partial charge in [-0.05, 0) is 43.7 Å². The first-order chi connectivity index (χ1) is 16.7. The molecule has 0 bridgehead atoms. The molecule has 7 nitrogen and oxygen atoms in total. The molecule has 1 heterocycles. The first kappa shape index (κ1) is 27.2. The van der Waals surface area contributed by atoms with E-state index in [2.05, 4.69) is 5.32 Å². The summed E-state index contributed by atoms with van der Waals surface area (Å²) < 4.78 is 5.40. The maximum Gasteiger partial charge on any atom is 0.310 e. The maximum absolute atomic E-state index is 14.0. The lowest BCUT2D eigenvalue weighted by Crippen LogP contribution is -2.51. The molecule has 8 heteroatoms. The molecule has 192 valence electrons. The van der Waals surface area contributed by atoms with Crippen LogP contribution >= 0.6 is 11.6 Å². The summed E-state index contributed by atoms with van der Waals surface area (Å²) in [6, 6.07) is 5.49. The van der Waals surface area contributed by atoms with Crippen LogP contribution in [0.15, 0.2) is 36.4 Å². The van der Waals surface area contributed by atoms with Crippen molar-refractivity contribution in [2.45, 2.75) is 59.0 Å². The van der Waals surface area contributed by atoms with E-state index in [0.717, 1.165) is 12.8 Å². The van der Waals surface area contributed by atoms with E-state index in [9.17, 15) is 19.5 Å². The number of esters is 1. The van der Waals surface area contributed by atoms with E-state index in [1.807, 2.05) is 32.9 Å². The van der Waals surface area contributed by atoms with Crippen LogP contribution in [0.5, 0.6) is 0 Å². The molecule has 1 aromatic carbocycles. The molecule has 2 amide bonds. The number of carbonyl (C=O) groups is 3. The van der Waals surface area contributed by atoms with Gasteiger partial charge in [0.25, 0.3) is 0 Å². The van der Waals surface area contributed by atoms with E-state index in [1.165, 1.54) is 4.90 Å². The van der Waals surface area contributed by atoms with E-state index in [4.69, 9.17) is 16.3 Å². The predicted octanol–water partition coefficient (Wildman–Crippen LogP) is 4.29. The number of para-hydroxylation sites is 1. The van der Waals surface area contributed by atoms with Gasteiger partial charge >= 0.3 is 5.97 Å². The van der Waals surface area contributed by atoms with Crippen molar-refractivity contribution >= 4 is 35.1 Å². The zero-order valence-corrected chi connectivity index (χ0v) is 21.7. The molecule has 0 spiro atoms. The Labute approximate surface area is 212 Å². The van der Waals surface area contributed by atoms with Crippen LogP contribution < -0.4 is 5.32 Å². The summed E-state index contributed by atoms with van der Waals surface area (Å²) in [4.78, 5) is 42.3. The Morgan fingerprint density at radius 2 is 1.91 bits per heavy atom. The van der Waals surface area contributed by atoms with Gasteiger partial charge in [0.2, 0.25) is 11.8 Å². The molecule has 1 aliphatic carbocycles. The van der Waals surface area contributed by atoms with Crippen molar-refractivity contribution in [3.05, 3.63) is 41.4 Å². The molecular weight excluding hydrogens is 468 g/mol. The van der Waals surface area contributed by atoms with Crippen LogP contribution in [0.4, 0.5) is 5.69 Å². The second-order valence-electron chi connectivity index (χ2n) is 9.84. The minimum absolute atomic E-state index is 0.144. The fraction of sp³-hybridized carbons (Fsp3) is 0.593. The fourth-order valence-corrected chi connectivity index (χ4v) is 5.78. The zero-order valence-electron chi connectivity index (χ0n) is 20.9. The van der Waals surface area contributed by atoms with Gasteiger partial charge in [-0.15, -0.1) is 0 Å². The second kappa shape index (κ2) is 12.0. The molecule has 0 unspecified atom stereocenters. The highest BCUT2D eigenvalue weighted by Gasteiger charge is 2.58. The average Bonchev–Trinajstić information content (AvgIpc) is 3.11. The molecule has 3 rings (SSSR count). The van der Waals surface area contributed by atoms with Crippen LogP contribution in [0.25, 0.3) is 0 Å². The van der Waals surface area contributed by atoms with Crippen LogP contribution in [0.3, 0.4) is 0 Å². The first-order valence-electron chi connectivity index (χ1n) is 12.6. The molecule has 6 atom stereocenters. The van der Waals surface area contributed by atoms with Gasteiger partial charge in [-0.3, -0.25) is 14.4 Å². The standard InChI is InChI=1S/C27H37ClN2O5/c1-5-9-17-12-13-19-23(22(17)27(34)35-6-2)26(33)30(18(15-31)14-16(3)4)24(19)25(32)29-21-11-8-7-10-20(21)28/h7-8,10-13,16-19,22-24,31H,5-6,9,14-15H2,1-4H3,(H,29,32)/t17-,18-,19+,22-,23-,24+/m1/s1. The Morgan fingerprint density at radius 1 is 1.20 bits per heavy atom. The van der Waals surface area contributed by atoms with E-state index >= 15 is 0 Å². The van der Waals surface area contributed by atoms with Crippen LogP contribution in [-0.4, -0.2) is 53.1 Å². The van der Waals surface area contributed by atoms with Gasteiger partial charge < -0.3 is 20.1 Å². The first-order valence-corrected chi connectivity index (χ1v) is 13.0. The number of nitrogens with one attached hydrogen (secondary N) is 1. The monoisotopic (exact) mass is 504 g/mol. The average molecular weight is 505 g/mol. The zero-order chi connectivity index (χ0) is 25.7. The number of hydrogen-bond acceptors (Lipinski definition) is 5. The van der Waals surface area contributed by atoms with Gasteiger partial charge in [-0.2, -0.15) is 0 Å². The summed E-state index contributed by atoms with van der Waals surface area (Å²) in [6.45, 7) is 7.74. The molecule has 1 fully saturated rings. The summed E-state index contributed by atoms with van der Waals surface area (Å²) in [5.41, 5.74) is 0.449. The smallest absolute Gasteiger partial charge is 0.310 e. The molecule has 0 saturated carbocycles. The molecule has 1 aromatic rings. The Kier molecular flexibility index (Phi) is 9.36. The molecular formula is C27H37ClN2O5. The number of likely N-dealkylation sites (tertiary alicyclic amines) is 1. The second-order valence-corrected chi connectivity index (χ2v) is 10.3. The number of carbonyl (C=O) groups excluding carboxylic acids is 3. The van der Waals surface area contributed by atoms with E-state index < -0.39 is 35.8 Å². The number of rotatable bonds is 10. The molecule has 1 aliphatic heterocycles. The van der Waals surface area contributed by atoms with Gasteiger partial charge in [0.1, 0.15) is 6.04 Å². The van der Waals surface area contributed by atoms with Crippen molar-refractivity contribution in [2.75, 3.05) is 18.5 Å². The van der Waals surface area contributed by atoms with Gasteiger partial charge in [0, 0.05) is 5.92 Å².